The Labute approximate surface area is 116 Å². The molecule has 0 saturated heterocycles. The number of likely N-dealkylation sites (N-methyl/N-ethyl adjacent to an activating group) is 1. The van der Waals surface area contributed by atoms with Gasteiger partial charge in [0.05, 0.1) is 11.0 Å². The third kappa shape index (κ3) is 3.12. The Balaban J connectivity index is 2.14. The minimum Gasteiger partial charge on any atom is -0.391 e. The van der Waals surface area contributed by atoms with Crippen molar-refractivity contribution in [3.63, 3.8) is 0 Å². The second-order valence-electron chi connectivity index (χ2n) is 4.65. The lowest BCUT2D eigenvalue weighted by Gasteiger charge is -2.20. The molecular formula is C12H16BrNO3S. The molecule has 1 N–H and O–H groups in total. The van der Waals surface area contributed by atoms with E-state index >= 15 is 0 Å². The van der Waals surface area contributed by atoms with Gasteiger partial charge in [0.2, 0.25) is 10.0 Å². The predicted octanol–water partition coefficient (Wildman–Crippen LogP) is 1.84. The summed E-state index contributed by atoms with van der Waals surface area (Å²) in [5, 5.41) is 9.81. The molecule has 1 fully saturated rings. The largest absolute Gasteiger partial charge is 0.391 e. The van der Waals surface area contributed by atoms with Crippen molar-refractivity contribution in [2.45, 2.75) is 23.8 Å². The van der Waals surface area contributed by atoms with Gasteiger partial charge in [-0.3, -0.25) is 0 Å². The van der Waals surface area contributed by atoms with Gasteiger partial charge in [-0.1, -0.05) is 22.0 Å². The number of benzene rings is 1. The van der Waals surface area contributed by atoms with Crippen LogP contribution in [-0.2, 0) is 10.0 Å². The number of aliphatic hydroxyl groups excluding tert-OH is 1. The molecule has 0 aromatic heterocycles. The highest BCUT2D eigenvalue weighted by Crippen LogP contribution is 2.33. The fourth-order valence-electron chi connectivity index (χ4n) is 1.80. The monoisotopic (exact) mass is 333 g/mol. The summed E-state index contributed by atoms with van der Waals surface area (Å²) in [4.78, 5) is 0.238. The van der Waals surface area contributed by atoms with Crippen molar-refractivity contribution < 1.29 is 13.5 Å². The van der Waals surface area contributed by atoms with Gasteiger partial charge < -0.3 is 5.11 Å². The average Bonchev–Trinajstić information content (AvgIpc) is 3.12. The number of halogens is 1. The molecule has 4 nitrogen and oxygen atoms in total. The van der Waals surface area contributed by atoms with Crippen LogP contribution in [0.15, 0.2) is 33.6 Å². The number of nitrogens with zero attached hydrogens (tertiary/aromatic N) is 1. The van der Waals surface area contributed by atoms with E-state index in [1.54, 1.807) is 24.3 Å². The van der Waals surface area contributed by atoms with Gasteiger partial charge in [-0.25, -0.2) is 8.42 Å². The molecule has 0 bridgehead atoms. The Morgan fingerprint density at radius 1 is 1.50 bits per heavy atom. The molecule has 1 saturated carbocycles. The molecule has 0 amide bonds. The quantitative estimate of drug-likeness (QED) is 0.894. The summed E-state index contributed by atoms with van der Waals surface area (Å²) in [6, 6.07) is 6.58. The zero-order valence-corrected chi connectivity index (χ0v) is 12.5. The third-order valence-electron chi connectivity index (χ3n) is 3.11. The first-order valence-electron chi connectivity index (χ1n) is 5.81. The first kappa shape index (κ1) is 14.0. The van der Waals surface area contributed by atoms with E-state index in [-0.39, 0.29) is 17.4 Å². The second-order valence-corrected chi connectivity index (χ2v) is 7.61. The van der Waals surface area contributed by atoms with Crippen molar-refractivity contribution in [3.8, 4) is 0 Å². The van der Waals surface area contributed by atoms with Gasteiger partial charge in [-0.05, 0) is 37.0 Å². The smallest absolute Gasteiger partial charge is 0.242 e. The van der Waals surface area contributed by atoms with Gasteiger partial charge in [0.1, 0.15) is 0 Å². The van der Waals surface area contributed by atoms with Crippen molar-refractivity contribution in [2.75, 3.05) is 13.6 Å². The summed E-state index contributed by atoms with van der Waals surface area (Å²) in [5.74, 6) is 0.269. The molecule has 1 aromatic carbocycles. The van der Waals surface area contributed by atoms with E-state index in [9.17, 15) is 13.5 Å². The maximum Gasteiger partial charge on any atom is 0.242 e. The van der Waals surface area contributed by atoms with Crippen LogP contribution < -0.4 is 0 Å². The van der Waals surface area contributed by atoms with Crippen LogP contribution in [0, 0.1) is 5.92 Å². The predicted molar refractivity (Wildman–Crippen MR) is 72.7 cm³/mol. The molecule has 0 radical (unpaired) electrons. The van der Waals surface area contributed by atoms with Gasteiger partial charge in [0, 0.05) is 18.1 Å². The third-order valence-corrected chi connectivity index (χ3v) is 5.43. The summed E-state index contributed by atoms with van der Waals surface area (Å²) in [7, 11) is -2.02. The zero-order chi connectivity index (χ0) is 13.3. The first-order chi connectivity index (χ1) is 8.41. The van der Waals surface area contributed by atoms with Gasteiger partial charge in [-0.15, -0.1) is 0 Å². The number of hydrogen-bond acceptors (Lipinski definition) is 3. The maximum absolute atomic E-state index is 12.3. The molecule has 1 atom stereocenters. The number of sulfonamides is 1. The molecule has 1 aliphatic rings. The van der Waals surface area contributed by atoms with Crippen LogP contribution in [-0.4, -0.2) is 37.5 Å². The Morgan fingerprint density at radius 3 is 2.72 bits per heavy atom. The Hall–Kier alpha value is -0.430. The summed E-state index contributed by atoms with van der Waals surface area (Å²) < 4.78 is 26.5. The molecule has 6 heteroatoms. The summed E-state index contributed by atoms with van der Waals surface area (Å²) >= 11 is 3.26. The zero-order valence-electron chi connectivity index (χ0n) is 10.1. The summed E-state index contributed by atoms with van der Waals surface area (Å²) in [5.41, 5.74) is 0. The molecule has 2 rings (SSSR count). The number of hydrogen-bond donors (Lipinski definition) is 1. The Bertz CT molecular complexity index is 528. The molecule has 1 aromatic rings. The summed E-state index contributed by atoms with van der Waals surface area (Å²) in [6.07, 6.45) is 1.43. The van der Waals surface area contributed by atoms with E-state index in [0.29, 0.717) is 0 Å². The molecule has 0 heterocycles. The topological polar surface area (TPSA) is 57.6 Å². The first-order valence-corrected chi connectivity index (χ1v) is 8.04. The van der Waals surface area contributed by atoms with Crippen molar-refractivity contribution in [2.24, 2.45) is 5.92 Å². The standard InChI is InChI=1S/C12H16BrNO3S/c1-14(8-12(15)9-5-6-9)18(16,17)11-4-2-3-10(13)7-11/h2-4,7,9,12,15H,5-6,8H2,1H3. The van der Waals surface area contributed by atoms with Gasteiger partial charge in [0.25, 0.3) is 0 Å². The van der Waals surface area contributed by atoms with Crippen molar-refractivity contribution in [1.29, 1.82) is 0 Å². The minimum atomic E-state index is -3.52. The van der Waals surface area contributed by atoms with Gasteiger partial charge in [0.15, 0.2) is 0 Å². The second kappa shape index (κ2) is 5.28. The van der Waals surface area contributed by atoms with E-state index in [0.717, 1.165) is 17.3 Å². The molecule has 100 valence electrons. The maximum atomic E-state index is 12.3. The molecule has 0 spiro atoms. The van der Waals surface area contributed by atoms with Crippen molar-refractivity contribution in [3.05, 3.63) is 28.7 Å². The van der Waals surface area contributed by atoms with Crippen LogP contribution in [0.25, 0.3) is 0 Å². The van der Waals surface area contributed by atoms with E-state index in [1.165, 1.54) is 11.4 Å². The van der Waals surface area contributed by atoms with Crippen molar-refractivity contribution >= 4 is 26.0 Å². The van der Waals surface area contributed by atoms with Crippen LogP contribution in [0.1, 0.15) is 12.8 Å². The lowest BCUT2D eigenvalue weighted by Crippen LogP contribution is -2.35. The molecule has 1 aliphatic carbocycles. The van der Waals surface area contributed by atoms with Crippen LogP contribution >= 0.6 is 15.9 Å². The number of rotatable bonds is 5. The van der Waals surface area contributed by atoms with Crippen molar-refractivity contribution in [1.82, 2.24) is 4.31 Å². The highest BCUT2D eigenvalue weighted by molar-refractivity contribution is 9.10. The lowest BCUT2D eigenvalue weighted by atomic mass is 10.2. The highest BCUT2D eigenvalue weighted by Gasteiger charge is 2.33. The van der Waals surface area contributed by atoms with E-state index in [1.807, 2.05) is 0 Å². The normalized spacial score (nSPS) is 18.0. The molecular weight excluding hydrogens is 318 g/mol. The van der Waals surface area contributed by atoms with Crippen LogP contribution in [0.3, 0.4) is 0 Å². The fourth-order valence-corrected chi connectivity index (χ4v) is 3.59. The van der Waals surface area contributed by atoms with E-state index in [2.05, 4.69) is 15.9 Å². The molecule has 1 unspecified atom stereocenters. The number of aliphatic hydroxyl groups is 1. The Morgan fingerprint density at radius 2 is 2.17 bits per heavy atom. The van der Waals surface area contributed by atoms with Crippen LogP contribution in [0.5, 0.6) is 0 Å². The van der Waals surface area contributed by atoms with E-state index in [4.69, 9.17) is 0 Å². The minimum absolute atomic E-state index is 0.152. The average molecular weight is 334 g/mol. The molecule has 0 aliphatic heterocycles. The summed E-state index contributed by atoms with van der Waals surface area (Å²) in [6.45, 7) is 0.152. The highest BCUT2D eigenvalue weighted by atomic mass is 79.9. The lowest BCUT2D eigenvalue weighted by molar-refractivity contribution is 0.131. The molecule has 18 heavy (non-hydrogen) atoms. The fraction of sp³-hybridized carbons (Fsp3) is 0.500. The van der Waals surface area contributed by atoms with E-state index < -0.39 is 16.1 Å². The van der Waals surface area contributed by atoms with Crippen LogP contribution in [0.2, 0.25) is 0 Å². The SMILES string of the molecule is CN(CC(O)C1CC1)S(=O)(=O)c1cccc(Br)c1. The Kier molecular flexibility index (Phi) is 4.11. The van der Waals surface area contributed by atoms with Gasteiger partial charge in [-0.2, -0.15) is 4.31 Å². The van der Waals surface area contributed by atoms with Gasteiger partial charge >= 0.3 is 0 Å². The van der Waals surface area contributed by atoms with Crippen LogP contribution in [0.4, 0.5) is 0 Å².